The molecule has 0 saturated carbocycles. The van der Waals surface area contributed by atoms with Crippen LogP contribution < -0.4 is 10.5 Å². The van der Waals surface area contributed by atoms with Gasteiger partial charge in [-0.1, -0.05) is 30.9 Å². The fourth-order valence-corrected chi connectivity index (χ4v) is 4.20. The second-order valence-corrected chi connectivity index (χ2v) is 10.3. The van der Waals surface area contributed by atoms with Crippen molar-refractivity contribution < 1.29 is 21.7 Å². The molecule has 0 aliphatic heterocycles. The third-order valence-corrected chi connectivity index (χ3v) is 5.49. The Morgan fingerprint density at radius 2 is 1.58 bits per heavy atom. The molecular weight excluding hydrogens is 413 g/mol. The second-order valence-electron chi connectivity index (χ2n) is 7.39. The van der Waals surface area contributed by atoms with E-state index in [0.29, 0.717) is 0 Å². The standard InChI is InChI=1S/C16H24NSi.C5H5.2ClH.Ti/c1-16(2,3)17-13-10-11-14(18(4)5)15(13)12-8-6-7-9-12;1-2-4-5-3-1;;;/h6-8,10-11,17-18H,9H2,1-5H3;1-5H;2*1H;/q-1;-5;;;. The summed E-state index contributed by atoms with van der Waals surface area (Å²) in [5.74, 6) is 0. The molecule has 0 amide bonds. The van der Waals surface area contributed by atoms with Crippen molar-refractivity contribution in [3.8, 4) is 0 Å². The Bertz CT molecular complexity index is 648. The van der Waals surface area contributed by atoms with Crippen LogP contribution >= 0.6 is 24.8 Å². The molecule has 0 unspecified atom stereocenters. The SMILES string of the molecule is C[SiH](C)[c-]1ccc(NC(C)(C)C)c1C1=CC=CC1.Cl.Cl.[Ti].[cH-]1[cH-][cH-][cH-][cH-]1. The largest absolute Gasteiger partial charge is 0.748 e. The summed E-state index contributed by atoms with van der Waals surface area (Å²) >= 11 is 0. The molecule has 0 radical (unpaired) electrons. The third kappa shape index (κ3) is 8.45. The number of halogens is 2. The summed E-state index contributed by atoms with van der Waals surface area (Å²) in [5.41, 5.74) is 4.39. The fourth-order valence-electron chi connectivity index (χ4n) is 2.80. The minimum absolute atomic E-state index is 0. The van der Waals surface area contributed by atoms with E-state index < -0.39 is 8.80 Å². The van der Waals surface area contributed by atoms with Crippen LogP contribution in [0.4, 0.5) is 5.69 Å². The summed E-state index contributed by atoms with van der Waals surface area (Å²) in [4.78, 5) is 0. The minimum Gasteiger partial charge on any atom is -0.748 e. The average molecular weight is 444 g/mol. The Hall–Kier alpha value is -0.509. The maximum atomic E-state index is 3.66. The van der Waals surface area contributed by atoms with Crippen LogP contribution in [0.3, 0.4) is 0 Å². The van der Waals surface area contributed by atoms with Gasteiger partial charge in [-0.2, -0.15) is 12.1 Å². The predicted octanol–water partition coefficient (Wildman–Crippen LogP) is 5.90. The molecular formula is C21H31Cl2NSiTi-6. The average Bonchev–Trinajstić information content (AvgIpc) is 3.20. The van der Waals surface area contributed by atoms with Gasteiger partial charge in [-0.15, -0.1) is 47.2 Å². The molecule has 2 aromatic carbocycles. The van der Waals surface area contributed by atoms with E-state index in [1.807, 2.05) is 30.3 Å². The van der Waals surface area contributed by atoms with Gasteiger partial charge in [0.25, 0.3) is 0 Å². The van der Waals surface area contributed by atoms with Gasteiger partial charge in [-0.05, 0) is 27.2 Å². The van der Waals surface area contributed by atoms with E-state index in [4.69, 9.17) is 0 Å². The van der Waals surface area contributed by atoms with E-state index in [1.165, 1.54) is 16.8 Å². The number of nitrogens with one attached hydrogen (secondary N) is 1. The first-order valence-electron chi connectivity index (χ1n) is 8.49. The molecule has 0 atom stereocenters. The van der Waals surface area contributed by atoms with Crippen molar-refractivity contribution in [2.45, 2.75) is 45.8 Å². The maximum absolute atomic E-state index is 3.66. The van der Waals surface area contributed by atoms with Crippen molar-refractivity contribution in [1.82, 2.24) is 0 Å². The molecule has 1 aliphatic rings. The Kier molecular flexibility index (Phi) is 13.6. The van der Waals surface area contributed by atoms with Crippen LogP contribution in [0.15, 0.2) is 60.7 Å². The van der Waals surface area contributed by atoms with Crippen LogP contribution in [0.2, 0.25) is 13.1 Å². The van der Waals surface area contributed by atoms with Gasteiger partial charge >= 0.3 is 0 Å². The number of hydrogen-bond donors (Lipinski definition) is 1. The van der Waals surface area contributed by atoms with Crippen LogP contribution in [0.1, 0.15) is 32.8 Å². The Balaban J connectivity index is 0. The molecule has 0 fully saturated rings. The van der Waals surface area contributed by atoms with Crippen LogP contribution in [-0.4, -0.2) is 14.3 Å². The van der Waals surface area contributed by atoms with E-state index in [-0.39, 0.29) is 52.1 Å². The van der Waals surface area contributed by atoms with Gasteiger partial charge in [0.2, 0.25) is 0 Å². The molecule has 1 nitrogen and oxygen atoms in total. The molecule has 0 spiro atoms. The summed E-state index contributed by atoms with van der Waals surface area (Å²) < 4.78 is 0. The van der Waals surface area contributed by atoms with Gasteiger partial charge < -0.3 is 35.6 Å². The first kappa shape index (κ1) is 27.7. The van der Waals surface area contributed by atoms with E-state index >= 15 is 0 Å². The number of anilines is 1. The molecule has 0 aromatic heterocycles. The van der Waals surface area contributed by atoms with Crippen molar-refractivity contribution in [3.05, 3.63) is 66.3 Å². The van der Waals surface area contributed by atoms with Gasteiger partial charge in [0.15, 0.2) is 0 Å². The molecule has 2 aromatic rings. The fraction of sp³-hybridized carbons (Fsp3) is 0.333. The van der Waals surface area contributed by atoms with Crippen LogP contribution in [0.25, 0.3) is 5.57 Å². The van der Waals surface area contributed by atoms with Crippen molar-refractivity contribution >= 4 is 50.1 Å². The van der Waals surface area contributed by atoms with Gasteiger partial charge in [0, 0.05) is 36.1 Å². The first-order chi connectivity index (χ1) is 10.9. The Labute approximate surface area is 188 Å². The van der Waals surface area contributed by atoms with Crippen molar-refractivity contribution in [2.24, 2.45) is 0 Å². The van der Waals surface area contributed by atoms with Gasteiger partial charge in [-0.25, -0.2) is 0 Å². The third-order valence-electron chi connectivity index (χ3n) is 3.77. The zero-order chi connectivity index (χ0) is 16.9. The van der Waals surface area contributed by atoms with Gasteiger partial charge in [0.05, 0.1) is 0 Å². The van der Waals surface area contributed by atoms with E-state index in [2.05, 4.69) is 69.5 Å². The monoisotopic (exact) mass is 443 g/mol. The van der Waals surface area contributed by atoms with Crippen molar-refractivity contribution in [3.63, 3.8) is 0 Å². The normalized spacial score (nSPS) is 12.2. The number of rotatable bonds is 3. The van der Waals surface area contributed by atoms with E-state index in [9.17, 15) is 0 Å². The first-order valence-corrected chi connectivity index (χ1v) is 11.4. The van der Waals surface area contributed by atoms with E-state index in [0.717, 1.165) is 6.42 Å². The molecule has 0 heterocycles. The summed E-state index contributed by atoms with van der Waals surface area (Å²) in [5, 5.41) is 5.25. The summed E-state index contributed by atoms with van der Waals surface area (Å²) in [6.07, 6.45) is 7.77. The second kappa shape index (κ2) is 12.8. The minimum atomic E-state index is -0.780. The molecule has 1 aliphatic carbocycles. The summed E-state index contributed by atoms with van der Waals surface area (Å²) in [6, 6.07) is 14.6. The van der Waals surface area contributed by atoms with Crippen LogP contribution in [0, 0.1) is 0 Å². The molecule has 1 N–H and O–H groups in total. The Morgan fingerprint density at radius 1 is 1.04 bits per heavy atom. The molecule has 26 heavy (non-hydrogen) atoms. The molecule has 148 valence electrons. The summed E-state index contributed by atoms with van der Waals surface area (Å²) in [6.45, 7) is 11.5. The van der Waals surface area contributed by atoms with Crippen molar-refractivity contribution in [1.29, 1.82) is 0 Å². The molecule has 0 bridgehead atoms. The topological polar surface area (TPSA) is 12.0 Å². The zero-order valence-corrected chi connectivity index (χ0v) is 20.7. The number of hydrogen-bond acceptors (Lipinski definition) is 1. The van der Waals surface area contributed by atoms with Gasteiger partial charge in [0.1, 0.15) is 0 Å². The van der Waals surface area contributed by atoms with E-state index in [1.54, 1.807) is 5.19 Å². The maximum Gasteiger partial charge on any atom is 0.0198 e. The van der Waals surface area contributed by atoms with Crippen LogP contribution in [-0.2, 0) is 21.7 Å². The van der Waals surface area contributed by atoms with Crippen LogP contribution in [0.5, 0.6) is 0 Å². The molecule has 0 saturated heterocycles. The Morgan fingerprint density at radius 3 is 1.96 bits per heavy atom. The number of allylic oxidation sites excluding steroid dienone is 4. The smallest absolute Gasteiger partial charge is 0.0198 e. The zero-order valence-electron chi connectivity index (χ0n) is 16.4. The predicted molar refractivity (Wildman–Crippen MR) is 122 cm³/mol. The molecule has 3 rings (SSSR count). The molecule has 5 heteroatoms. The quantitative estimate of drug-likeness (QED) is 0.459. The summed E-state index contributed by atoms with van der Waals surface area (Å²) in [7, 11) is -0.780. The van der Waals surface area contributed by atoms with Gasteiger partial charge in [-0.3, -0.25) is 0 Å². The van der Waals surface area contributed by atoms with Crippen molar-refractivity contribution in [2.75, 3.05) is 5.32 Å².